The van der Waals surface area contributed by atoms with Gasteiger partial charge in [-0.1, -0.05) is 18.2 Å². The Morgan fingerprint density at radius 2 is 2.11 bits per heavy atom. The average Bonchev–Trinajstić information content (AvgIpc) is 2.41. The third-order valence-electron chi connectivity index (χ3n) is 2.80. The average molecular weight is 246 g/mol. The van der Waals surface area contributed by atoms with E-state index in [1.165, 1.54) is 6.07 Å². The van der Waals surface area contributed by atoms with Crippen molar-refractivity contribution in [2.75, 3.05) is 0 Å². The maximum Gasteiger partial charge on any atom is 0.165 e. The van der Waals surface area contributed by atoms with Crippen LogP contribution in [-0.2, 0) is 6.54 Å². The molecule has 18 heavy (non-hydrogen) atoms. The van der Waals surface area contributed by atoms with E-state index in [0.717, 1.165) is 5.69 Å². The van der Waals surface area contributed by atoms with Gasteiger partial charge in [0, 0.05) is 24.3 Å². The topological polar surface area (TPSA) is 45.1 Å². The van der Waals surface area contributed by atoms with Crippen molar-refractivity contribution in [3.63, 3.8) is 0 Å². The Labute approximate surface area is 105 Å². The highest BCUT2D eigenvalue weighted by atomic mass is 19.1. The molecule has 0 aliphatic heterocycles. The number of para-hydroxylation sites is 1. The van der Waals surface area contributed by atoms with E-state index in [1.807, 2.05) is 25.1 Å². The molecule has 2 N–H and O–H groups in total. The normalized spacial score (nSPS) is 12.3. The van der Waals surface area contributed by atoms with E-state index in [4.69, 9.17) is 0 Å². The number of hydrogen-bond donors (Lipinski definition) is 2. The zero-order valence-corrected chi connectivity index (χ0v) is 10.1. The number of aromatic hydroxyl groups is 1. The van der Waals surface area contributed by atoms with Gasteiger partial charge in [0.05, 0.1) is 5.69 Å². The fraction of sp³-hybridized carbons (Fsp3) is 0.214. The molecule has 0 saturated carbocycles. The van der Waals surface area contributed by atoms with Crippen LogP contribution in [0.2, 0.25) is 0 Å². The smallest absolute Gasteiger partial charge is 0.165 e. The third-order valence-corrected chi connectivity index (χ3v) is 2.80. The molecule has 2 aromatic rings. The molecule has 0 bridgehead atoms. The van der Waals surface area contributed by atoms with Crippen molar-refractivity contribution < 1.29 is 9.50 Å². The molecule has 1 aromatic carbocycles. The summed E-state index contributed by atoms with van der Waals surface area (Å²) < 4.78 is 13.1. The van der Waals surface area contributed by atoms with Crippen molar-refractivity contribution in [1.29, 1.82) is 0 Å². The first-order valence-electron chi connectivity index (χ1n) is 5.79. The summed E-state index contributed by atoms with van der Waals surface area (Å²) in [6.45, 7) is 2.36. The molecule has 0 aliphatic carbocycles. The minimum atomic E-state index is -0.597. The second-order valence-electron chi connectivity index (χ2n) is 4.10. The van der Waals surface area contributed by atoms with Crippen molar-refractivity contribution >= 4 is 0 Å². The number of pyridine rings is 1. The van der Waals surface area contributed by atoms with Crippen molar-refractivity contribution in [3.8, 4) is 5.75 Å². The Bertz CT molecular complexity index is 516. The van der Waals surface area contributed by atoms with E-state index in [9.17, 15) is 9.50 Å². The summed E-state index contributed by atoms with van der Waals surface area (Å²) >= 11 is 0. The molecule has 2 rings (SSSR count). The molecule has 94 valence electrons. The molecule has 1 unspecified atom stereocenters. The lowest BCUT2D eigenvalue weighted by Crippen LogP contribution is -2.19. The minimum absolute atomic E-state index is 0.0360. The van der Waals surface area contributed by atoms with Crippen LogP contribution in [0, 0.1) is 5.82 Å². The van der Waals surface area contributed by atoms with Crippen molar-refractivity contribution in [2.24, 2.45) is 0 Å². The van der Waals surface area contributed by atoms with Crippen molar-refractivity contribution in [3.05, 3.63) is 59.7 Å². The van der Waals surface area contributed by atoms with Gasteiger partial charge in [-0.15, -0.1) is 0 Å². The zero-order chi connectivity index (χ0) is 13.0. The van der Waals surface area contributed by atoms with Crippen molar-refractivity contribution in [1.82, 2.24) is 10.3 Å². The molecule has 1 atom stereocenters. The van der Waals surface area contributed by atoms with E-state index in [1.54, 1.807) is 18.3 Å². The van der Waals surface area contributed by atoms with Crippen LogP contribution in [0.25, 0.3) is 0 Å². The summed E-state index contributed by atoms with van der Waals surface area (Å²) in [7, 11) is 0. The molecule has 0 amide bonds. The van der Waals surface area contributed by atoms with E-state index < -0.39 is 5.82 Å². The highest BCUT2D eigenvalue weighted by Gasteiger charge is 2.09. The van der Waals surface area contributed by atoms with E-state index in [2.05, 4.69) is 10.3 Å². The van der Waals surface area contributed by atoms with Gasteiger partial charge in [-0.3, -0.25) is 4.98 Å². The molecule has 0 saturated heterocycles. The first-order valence-corrected chi connectivity index (χ1v) is 5.79. The Morgan fingerprint density at radius 1 is 1.28 bits per heavy atom. The summed E-state index contributed by atoms with van der Waals surface area (Å²) in [5.41, 5.74) is 1.45. The number of halogens is 1. The number of hydrogen-bond acceptors (Lipinski definition) is 3. The van der Waals surface area contributed by atoms with Gasteiger partial charge in [0.15, 0.2) is 11.6 Å². The maximum atomic E-state index is 13.1. The third kappa shape index (κ3) is 2.84. The van der Waals surface area contributed by atoms with Gasteiger partial charge < -0.3 is 10.4 Å². The number of aromatic nitrogens is 1. The predicted octanol–water partition coefficient (Wildman–Crippen LogP) is 2.78. The molecule has 0 spiro atoms. The largest absolute Gasteiger partial charge is 0.505 e. The van der Waals surface area contributed by atoms with Crippen LogP contribution < -0.4 is 5.32 Å². The van der Waals surface area contributed by atoms with Crippen LogP contribution in [0.5, 0.6) is 5.75 Å². The fourth-order valence-electron chi connectivity index (χ4n) is 1.70. The minimum Gasteiger partial charge on any atom is -0.505 e. The summed E-state index contributed by atoms with van der Waals surface area (Å²) in [6.07, 6.45) is 1.73. The quantitative estimate of drug-likeness (QED) is 0.872. The number of nitrogens with one attached hydrogen (secondary N) is 1. The van der Waals surface area contributed by atoms with Crippen LogP contribution >= 0.6 is 0 Å². The molecular weight excluding hydrogens is 231 g/mol. The molecule has 0 aliphatic rings. The molecule has 1 aromatic heterocycles. The van der Waals surface area contributed by atoms with E-state index >= 15 is 0 Å². The van der Waals surface area contributed by atoms with Crippen LogP contribution in [0.3, 0.4) is 0 Å². The lowest BCUT2D eigenvalue weighted by Gasteiger charge is -2.14. The lowest BCUT2D eigenvalue weighted by atomic mass is 10.1. The Balaban J connectivity index is 2.02. The van der Waals surface area contributed by atoms with Gasteiger partial charge in [-0.2, -0.15) is 0 Å². The number of benzene rings is 1. The maximum absolute atomic E-state index is 13.1. The SMILES string of the molecule is CC(NCc1cccc(F)c1O)c1ccccn1. The summed E-state index contributed by atoms with van der Waals surface area (Å²) in [5, 5.41) is 12.7. The highest BCUT2D eigenvalue weighted by molar-refractivity contribution is 5.33. The first kappa shape index (κ1) is 12.5. The zero-order valence-electron chi connectivity index (χ0n) is 10.1. The summed E-state index contributed by atoms with van der Waals surface area (Å²) in [4.78, 5) is 4.23. The monoisotopic (exact) mass is 246 g/mol. The number of nitrogens with zero attached hydrogens (tertiary/aromatic N) is 1. The van der Waals surface area contributed by atoms with Crippen molar-refractivity contribution in [2.45, 2.75) is 19.5 Å². The Kier molecular flexibility index (Phi) is 3.89. The second-order valence-corrected chi connectivity index (χ2v) is 4.10. The van der Waals surface area contributed by atoms with Crippen LogP contribution in [0.4, 0.5) is 4.39 Å². The fourth-order valence-corrected chi connectivity index (χ4v) is 1.70. The van der Waals surface area contributed by atoms with Gasteiger partial charge in [0.1, 0.15) is 0 Å². The van der Waals surface area contributed by atoms with Gasteiger partial charge in [-0.05, 0) is 25.1 Å². The number of phenolic OH excluding ortho intramolecular Hbond substituents is 1. The van der Waals surface area contributed by atoms with Crippen LogP contribution in [0.1, 0.15) is 24.2 Å². The second kappa shape index (κ2) is 5.60. The predicted molar refractivity (Wildman–Crippen MR) is 67.6 cm³/mol. The van der Waals surface area contributed by atoms with Gasteiger partial charge in [0.25, 0.3) is 0 Å². The molecular formula is C14H15FN2O. The molecule has 1 heterocycles. The summed E-state index contributed by atoms with van der Waals surface area (Å²) in [5.74, 6) is -0.891. The molecule has 3 nitrogen and oxygen atoms in total. The first-order chi connectivity index (χ1) is 8.68. The number of rotatable bonds is 4. The highest BCUT2D eigenvalue weighted by Crippen LogP contribution is 2.21. The van der Waals surface area contributed by atoms with Gasteiger partial charge in [0.2, 0.25) is 0 Å². The standard InChI is InChI=1S/C14H15FN2O/c1-10(13-7-2-3-8-16-13)17-9-11-5-4-6-12(15)14(11)18/h2-8,10,17-18H,9H2,1H3. The van der Waals surface area contributed by atoms with E-state index in [-0.39, 0.29) is 11.8 Å². The molecule has 4 heteroatoms. The summed E-state index contributed by atoms with van der Waals surface area (Å²) in [6, 6.07) is 10.2. The Hall–Kier alpha value is -1.94. The number of phenols is 1. The molecule has 0 radical (unpaired) electrons. The van der Waals surface area contributed by atoms with Gasteiger partial charge in [-0.25, -0.2) is 4.39 Å². The van der Waals surface area contributed by atoms with Crippen LogP contribution in [0.15, 0.2) is 42.6 Å². The molecule has 0 fully saturated rings. The lowest BCUT2D eigenvalue weighted by molar-refractivity contribution is 0.420. The van der Waals surface area contributed by atoms with Gasteiger partial charge >= 0.3 is 0 Å². The van der Waals surface area contributed by atoms with E-state index in [0.29, 0.717) is 12.1 Å². The van der Waals surface area contributed by atoms with Crippen LogP contribution in [-0.4, -0.2) is 10.1 Å². The Morgan fingerprint density at radius 3 is 2.83 bits per heavy atom.